The van der Waals surface area contributed by atoms with Gasteiger partial charge in [0.15, 0.2) is 5.16 Å². The molecule has 1 aromatic heterocycles. The Bertz CT molecular complexity index is 478. The molecule has 0 spiro atoms. The van der Waals surface area contributed by atoms with Crippen molar-refractivity contribution < 1.29 is 9.90 Å². The average Bonchev–Trinajstić information content (AvgIpc) is 2.72. The molecule has 2 atom stereocenters. The first kappa shape index (κ1) is 13.3. The number of carbonyl (C=O) groups is 1. The first-order valence-electron chi connectivity index (χ1n) is 6.07. The maximum Gasteiger partial charge on any atom is 0.309 e. The number of hydrogen-bond donors (Lipinski definition) is 1. The summed E-state index contributed by atoms with van der Waals surface area (Å²) in [5, 5.41) is 10.0. The van der Waals surface area contributed by atoms with Crippen LogP contribution in [0, 0.1) is 12.3 Å². The van der Waals surface area contributed by atoms with Crippen LogP contribution in [0.15, 0.2) is 11.2 Å². The van der Waals surface area contributed by atoms with Crippen molar-refractivity contribution in [3.05, 3.63) is 17.5 Å². The highest BCUT2D eigenvalue weighted by atomic mass is 32.2. The predicted octanol–water partition coefficient (Wildman–Crippen LogP) is 2.87. The molecule has 1 heterocycles. The first-order valence-corrected chi connectivity index (χ1v) is 7.30. The van der Waals surface area contributed by atoms with Crippen LogP contribution < -0.4 is 0 Å². The second kappa shape index (κ2) is 4.88. The molecule has 0 aromatic carbocycles. The number of carboxylic acids is 1. The van der Waals surface area contributed by atoms with Crippen molar-refractivity contribution in [2.45, 2.75) is 44.2 Å². The molecular weight excluding hydrogens is 248 g/mol. The summed E-state index contributed by atoms with van der Waals surface area (Å²) in [7, 11) is 0. The van der Waals surface area contributed by atoms with E-state index in [1.54, 1.807) is 0 Å². The zero-order valence-electron chi connectivity index (χ0n) is 10.9. The lowest BCUT2D eigenvalue weighted by molar-refractivity contribution is -0.147. The van der Waals surface area contributed by atoms with E-state index in [9.17, 15) is 9.90 Å². The fourth-order valence-electron chi connectivity index (χ4n) is 2.55. The average molecular weight is 266 g/mol. The molecule has 5 heteroatoms. The second-order valence-corrected chi connectivity index (χ2v) is 6.00. The highest BCUT2D eigenvalue weighted by Gasteiger charge is 2.42. The molecule has 0 saturated heterocycles. The molecule has 0 bridgehead atoms. The second-order valence-electron chi connectivity index (χ2n) is 5.23. The van der Waals surface area contributed by atoms with Crippen LogP contribution in [0.2, 0.25) is 0 Å². The third-order valence-corrected chi connectivity index (χ3v) is 4.26. The maximum absolute atomic E-state index is 11.3. The summed E-state index contributed by atoms with van der Waals surface area (Å²) in [5.74, 6) is -0.445. The Balaban J connectivity index is 2.24. The van der Waals surface area contributed by atoms with Gasteiger partial charge < -0.3 is 5.11 Å². The Morgan fingerprint density at radius 3 is 2.83 bits per heavy atom. The van der Waals surface area contributed by atoms with E-state index in [0.717, 1.165) is 29.4 Å². The van der Waals surface area contributed by atoms with E-state index >= 15 is 0 Å². The van der Waals surface area contributed by atoms with E-state index in [-0.39, 0.29) is 5.92 Å². The van der Waals surface area contributed by atoms with Crippen LogP contribution in [0.1, 0.15) is 43.5 Å². The van der Waals surface area contributed by atoms with E-state index in [1.165, 1.54) is 11.8 Å². The molecule has 0 unspecified atom stereocenters. The summed E-state index contributed by atoms with van der Waals surface area (Å²) in [6, 6.07) is 1.98. The molecule has 98 valence electrons. The topological polar surface area (TPSA) is 63.1 Å². The Morgan fingerprint density at radius 2 is 2.28 bits per heavy atom. The molecule has 0 radical (unpaired) electrons. The van der Waals surface area contributed by atoms with Gasteiger partial charge in [-0.05, 0) is 45.4 Å². The van der Waals surface area contributed by atoms with Gasteiger partial charge in [-0.3, -0.25) is 4.79 Å². The number of rotatable bonds is 3. The van der Waals surface area contributed by atoms with Gasteiger partial charge in [0.05, 0.1) is 5.41 Å². The Kier molecular flexibility index (Phi) is 3.61. The Morgan fingerprint density at radius 1 is 1.56 bits per heavy atom. The summed E-state index contributed by atoms with van der Waals surface area (Å²) >= 11 is 1.52. The van der Waals surface area contributed by atoms with Crippen molar-refractivity contribution in [3.8, 4) is 0 Å². The zero-order chi connectivity index (χ0) is 13.3. The van der Waals surface area contributed by atoms with Gasteiger partial charge in [0.1, 0.15) is 0 Å². The minimum atomic E-state index is -0.694. The maximum atomic E-state index is 11.3. The summed E-state index contributed by atoms with van der Waals surface area (Å²) in [6.45, 7) is 3.79. The van der Waals surface area contributed by atoms with Crippen LogP contribution in [-0.2, 0) is 4.79 Å². The number of aryl methyl sites for hydroxylation is 1. The van der Waals surface area contributed by atoms with Crippen LogP contribution in [0.4, 0.5) is 0 Å². The quantitative estimate of drug-likeness (QED) is 0.673. The number of nitrogens with zero attached hydrogens (tertiary/aromatic N) is 2. The molecule has 1 saturated carbocycles. The molecule has 1 aliphatic carbocycles. The number of aliphatic carboxylic acids is 1. The number of hydrogen-bond acceptors (Lipinski definition) is 4. The fraction of sp³-hybridized carbons (Fsp3) is 0.615. The van der Waals surface area contributed by atoms with Gasteiger partial charge in [-0.1, -0.05) is 11.8 Å². The van der Waals surface area contributed by atoms with Gasteiger partial charge in [-0.25, -0.2) is 9.97 Å². The van der Waals surface area contributed by atoms with Crippen molar-refractivity contribution in [2.24, 2.45) is 5.41 Å². The Labute approximate surface area is 111 Å². The number of aromatic nitrogens is 2. The fourth-order valence-corrected chi connectivity index (χ4v) is 2.98. The van der Waals surface area contributed by atoms with Gasteiger partial charge in [0.2, 0.25) is 0 Å². The van der Waals surface area contributed by atoms with Crippen LogP contribution in [0.25, 0.3) is 0 Å². The summed E-state index contributed by atoms with van der Waals surface area (Å²) in [5.41, 5.74) is 1.35. The third-order valence-electron chi connectivity index (χ3n) is 3.71. The highest BCUT2D eigenvalue weighted by Crippen LogP contribution is 2.46. The normalized spacial score (nSPS) is 27.4. The van der Waals surface area contributed by atoms with Crippen LogP contribution >= 0.6 is 11.8 Å². The van der Waals surface area contributed by atoms with Crippen molar-refractivity contribution in [1.82, 2.24) is 9.97 Å². The standard InChI is InChI=1S/C13H18N2O2S/c1-8-6-10(15-12(14-8)18-3)9-4-5-13(2,7-9)11(16)17/h6,9H,4-5,7H2,1-3H3,(H,16,17)/t9-,13-/m0/s1. The molecule has 1 aliphatic rings. The van der Waals surface area contributed by atoms with E-state index in [4.69, 9.17) is 0 Å². The molecule has 1 fully saturated rings. The number of carboxylic acid groups (broad SMARTS) is 1. The molecule has 4 nitrogen and oxygen atoms in total. The van der Waals surface area contributed by atoms with E-state index in [1.807, 2.05) is 26.2 Å². The lowest BCUT2D eigenvalue weighted by atomic mass is 9.87. The van der Waals surface area contributed by atoms with Crippen molar-refractivity contribution in [2.75, 3.05) is 6.26 Å². The van der Waals surface area contributed by atoms with Gasteiger partial charge in [-0.15, -0.1) is 0 Å². The first-order chi connectivity index (χ1) is 8.44. The molecular formula is C13H18N2O2S. The van der Waals surface area contributed by atoms with E-state index in [2.05, 4.69) is 9.97 Å². The summed E-state index contributed by atoms with van der Waals surface area (Å²) in [6.07, 6.45) is 4.25. The van der Waals surface area contributed by atoms with Crippen molar-refractivity contribution in [1.29, 1.82) is 0 Å². The van der Waals surface area contributed by atoms with Gasteiger partial charge in [0, 0.05) is 17.3 Å². The highest BCUT2D eigenvalue weighted by molar-refractivity contribution is 7.98. The monoisotopic (exact) mass is 266 g/mol. The SMILES string of the molecule is CSc1nc(C)cc([C@H]2CC[C@](C)(C(=O)O)C2)n1. The van der Waals surface area contributed by atoms with Crippen molar-refractivity contribution >= 4 is 17.7 Å². The molecule has 18 heavy (non-hydrogen) atoms. The Hall–Kier alpha value is -1.10. The van der Waals surface area contributed by atoms with Gasteiger partial charge in [0.25, 0.3) is 0 Å². The molecule has 1 aromatic rings. The van der Waals surface area contributed by atoms with Crippen LogP contribution in [0.5, 0.6) is 0 Å². The lowest BCUT2D eigenvalue weighted by Crippen LogP contribution is -2.23. The largest absolute Gasteiger partial charge is 0.481 e. The predicted molar refractivity (Wildman–Crippen MR) is 70.9 cm³/mol. The molecule has 0 amide bonds. The molecule has 0 aliphatic heterocycles. The van der Waals surface area contributed by atoms with Gasteiger partial charge in [-0.2, -0.15) is 0 Å². The minimum Gasteiger partial charge on any atom is -0.481 e. The summed E-state index contributed by atoms with van der Waals surface area (Å²) < 4.78 is 0. The van der Waals surface area contributed by atoms with Crippen molar-refractivity contribution in [3.63, 3.8) is 0 Å². The molecule has 1 N–H and O–H groups in total. The van der Waals surface area contributed by atoms with Crippen LogP contribution in [0.3, 0.4) is 0 Å². The van der Waals surface area contributed by atoms with Crippen LogP contribution in [-0.4, -0.2) is 27.3 Å². The zero-order valence-corrected chi connectivity index (χ0v) is 11.8. The van der Waals surface area contributed by atoms with Gasteiger partial charge >= 0.3 is 5.97 Å². The smallest absolute Gasteiger partial charge is 0.309 e. The minimum absolute atomic E-state index is 0.249. The van der Waals surface area contributed by atoms with E-state index < -0.39 is 11.4 Å². The third kappa shape index (κ3) is 2.51. The number of thioether (sulfide) groups is 1. The summed E-state index contributed by atoms with van der Waals surface area (Å²) in [4.78, 5) is 20.1. The molecule has 2 rings (SSSR count). The lowest BCUT2D eigenvalue weighted by Gasteiger charge is -2.18. The van der Waals surface area contributed by atoms with E-state index in [0.29, 0.717) is 6.42 Å².